The van der Waals surface area contributed by atoms with Gasteiger partial charge in [0, 0.05) is 30.5 Å². The number of carbonyl (C=O) groups excluding carboxylic acids is 1. The second-order valence-corrected chi connectivity index (χ2v) is 11.6. The van der Waals surface area contributed by atoms with Crippen molar-refractivity contribution >= 4 is 49.6 Å². The van der Waals surface area contributed by atoms with Crippen LogP contribution in [0.15, 0.2) is 59.9 Å². The molecule has 0 bridgehead atoms. The summed E-state index contributed by atoms with van der Waals surface area (Å²) in [5, 5.41) is 5.85. The highest BCUT2D eigenvalue weighted by molar-refractivity contribution is 7.86. The van der Waals surface area contributed by atoms with Crippen molar-refractivity contribution in [2.24, 2.45) is 0 Å². The molecule has 4 aromatic rings. The predicted octanol–water partition coefficient (Wildman–Crippen LogP) is 3.66. The van der Waals surface area contributed by atoms with E-state index in [0.717, 1.165) is 22.1 Å². The van der Waals surface area contributed by atoms with Gasteiger partial charge in [0.05, 0.1) is 11.9 Å². The standard InChI is InChI=1S/C23H21ClN5O3S2/c1-15-21(33-22(28-15)20-14-26-6-7-27-20)23(30)29(10-8-25-9-11-29)34(31,32)19-5-3-16-12-18(24)4-2-17(16)13-19/h2-7,12-14,25H,8-11H2,1H3/q+1. The Bertz CT molecular complexity index is 1500. The fourth-order valence-electron chi connectivity index (χ4n) is 4.16. The van der Waals surface area contributed by atoms with Gasteiger partial charge in [-0.2, -0.15) is 8.42 Å². The molecule has 0 unspecified atom stereocenters. The Kier molecular flexibility index (Phi) is 5.95. The van der Waals surface area contributed by atoms with E-state index in [2.05, 4.69) is 20.3 Å². The molecule has 11 heteroatoms. The van der Waals surface area contributed by atoms with Crippen LogP contribution in [0.25, 0.3) is 21.5 Å². The molecule has 2 aromatic heterocycles. The lowest BCUT2D eigenvalue weighted by atomic mass is 10.1. The van der Waals surface area contributed by atoms with E-state index in [-0.39, 0.29) is 18.0 Å². The topological polar surface area (TPSA) is 102 Å². The number of thiazole rings is 1. The van der Waals surface area contributed by atoms with Gasteiger partial charge in [-0.3, -0.25) is 9.97 Å². The Morgan fingerprint density at radius 2 is 1.82 bits per heavy atom. The van der Waals surface area contributed by atoms with E-state index < -0.39 is 19.8 Å². The Hall–Kier alpha value is -2.76. The number of halogens is 1. The predicted molar refractivity (Wildman–Crippen MR) is 131 cm³/mol. The first-order chi connectivity index (χ1) is 16.3. The molecule has 1 fully saturated rings. The largest absolute Gasteiger partial charge is 0.373 e. The fraction of sp³-hybridized carbons (Fsp3) is 0.217. The van der Waals surface area contributed by atoms with Crippen molar-refractivity contribution in [3.63, 3.8) is 0 Å². The SMILES string of the molecule is Cc1nc(-c2cnccn2)sc1C(=O)[N+]1(S(=O)(=O)c2ccc3cc(Cl)ccc3c2)CCNCC1. The fourth-order valence-corrected chi connectivity index (χ4v) is 7.34. The number of carbonyl (C=O) groups is 1. The van der Waals surface area contributed by atoms with Crippen molar-refractivity contribution in [3.05, 3.63) is 70.6 Å². The van der Waals surface area contributed by atoms with Gasteiger partial charge >= 0.3 is 15.9 Å². The second kappa shape index (κ2) is 8.79. The molecule has 1 saturated heterocycles. The first-order valence-corrected chi connectivity index (χ1v) is 13.3. The van der Waals surface area contributed by atoms with E-state index in [4.69, 9.17) is 11.6 Å². The van der Waals surface area contributed by atoms with Gasteiger partial charge in [0.25, 0.3) is 0 Å². The van der Waals surface area contributed by atoms with Gasteiger partial charge in [-0.15, -0.1) is 15.2 Å². The summed E-state index contributed by atoms with van der Waals surface area (Å²) in [7, 11) is -4.08. The molecule has 5 rings (SSSR count). The summed E-state index contributed by atoms with van der Waals surface area (Å²) >= 11 is 7.23. The zero-order valence-electron chi connectivity index (χ0n) is 18.2. The maximum absolute atomic E-state index is 14.1. The number of aromatic nitrogens is 3. The number of benzene rings is 2. The minimum Gasteiger partial charge on any atom is -0.306 e. The van der Waals surface area contributed by atoms with Crippen LogP contribution in [0, 0.1) is 6.92 Å². The molecule has 3 heterocycles. The van der Waals surface area contributed by atoms with Gasteiger partial charge in [-0.25, -0.2) is 9.78 Å². The van der Waals surface area contributed by atoms with E-state index in [1.165, 1.54) is 0 Å². The highest BCUT2D eigenvalue weighted by atomic mass is 35.5. The molecule has 1 amide bonds. The van der Waals surface area contributed by atoms with Crippen molar-refractivity contribution < 1.29 is 17.1 Å². The third-order valence-electron chi connectivity index (χ3n) is 5.97. The maximum Gasteiger partial charge on any atom is 0.373 e. The van der Waals surface area contributed by atoms with Crippen molar-refractivity contribution in [2.45, 2.75) is 11.8 Å². The van der Waals surface area contributed by atoms with Gasteiger partial charge in [-0.1, -0.05) is 23.7 Å². The highest BCUT2D eigenvalue weighted by Crippen LogP contribution is 2.34. The van der Waals surface area contributed by atoms with Crippen molar-refractivity contribution in [3.8, 4) is 10.7 Å². The number of hydrogen-bond donors (Lipinski definition) is 1. The van der Waals surface area contributed by atoms with Crippen LogP contribution in [0.4, 0.5) is 0 Å². The maximum atomic E-state index is 14.1. The first-order valence-electron chi connectivity index (χ1n) is 10.6. The summed E-state index contributed by atoms with van der Waals surface area (Å²) in [6.45, 7) is 2.77. The molecule has 1 aliphatic heterocycles. The number of fused-ring (bicyclic) bond motifs is 1. The monoisotopic (exact) mass is 514 g/mol. The molecular weight excluding hydrogens is 494 g/mol. The van der Waals surface area contributed by atoms with Crippen LogP contribution in [-0.4, -0.2) is 59.3 Å². The summed E-state index contributed by atoms with van der Waals surface area (Å²) in [6, 6.07) is 10.2. The molecule has 174 valence electrons. The van der Waals surface area contributed by atoms with Gasteiger partial charge in [0.1, 0.15) is 28.7 Å². The summed E-state index contributed by atoms with van der Waals surface area (Å²) in [6.07, 6.45) is 4.68. The molecule has 8 nitrogen and oxygen atoms in total. The highest BCUT2D eigenvalue weighted by Gasteiger charge is 2.52. The summed E-state index contributed by atoms with van der Waals surface area (Å²) in [4.78, 5) is 27.2. The number of nitrogens with zero attached hydrogens (tertiary/aromatic N) is 4. The van der Waals surface area contributed by atoms with Crippen molar-refractivity contribution in [2.75, 3.05) is 26.2 Å². The van der Waals surface area contributed by atoms with E-state index in [9.17, 15) is 13.2 Å². The zero-order chi connectivity index (χ0) is 23.9. The van der Waals surface area contributed by atoms with Gasteiger partial charge in [-0.05, 0) is 42.0 Å². The number of quaternary nitrogens is 1. The number of sulfonamides is 1. The van der Waals surface area contributed by atoms with Crippen LogP contribution in [0.2, 0.25) is 5.02 Å². The minimum atomic E-state index is -4.08. The van der Waals surface area contributed by atoms with E-state index >= 15 is 0 Å². The zero-order valence-corrected chi connectivity index (χ0v) is 20.6. The lowest BCUT2D eigenvalue weighted by Gasteiger charge is -2.37. The number of piperazine rings is 1. The summed E-state index contributed by atoms with van der Waals surface area (Å²) in [5.74, 6) is -0.470. The minimum absolute atomic E-state index is 0.105. The van der Waals surface area contributed by atoms with Crippen LogP contribution in [-0.2, 0) is 10.0 Å². The van der Waals surface area contributed by atoms with Gasteiger partial charge < -0.3 is 5.32 Å². The molecule has 2 aromatic carbocycles. The molecule has 34 heavy (non-hydrogen) atoms. The Labute approximate surface area is 205 Å². The Balaban J connectivity index is 1.61. The third kappa shape index (κ3) is 3.81. The number of rotatable bonds is 4. The quantitative estimate of drug-likeness (QED) is 0.414. The van der Waals surface area contributed by atoms with Crippen LogP contribution in [0.5, 0.6) is 0 Å². The lowest BCUT2D eigenvalue weighted by Crippen LogP contribution is -2.64. The lowest BCUT2D eigenvalue weighted by molar-refractivity contribution is -0.723. The van der Waals surface area contributed by atoms with E-state index in [1.807, 2.05) is 0 Å². The number of aryl methyl sites for hydroxylation is 1. The smallest absolute Gasteiger partial charge is 0.306 e. The molecular formula is C23H21ClN5O3S2+. The molecule has 0 aliphatic carbocycles. The van der Waals surface area contributed by atoms with Crippen LogP contribution >= 0.6 is 22.9 Å². The van der Waals surface area contributed by atoms with E-state index in [0.29, 0.717) is 39.4 Å². The summed E-state index contributed by atoms with van der Waals surface area (Å²) in [5.41, 5.74) is 1.02. The molecule has 0 atom stereocenters. The molecule has 0 radical (unpaired) electrons. The number of hydrogen-bond acceptors (Lipinski definition) is 8. The van der Waals surface area contributed by atoms with Gasteiger partial charge in [0.2, 0.25) is 0 Å². The second-order valence-electron chi connectivity index (χ2n) is 8.04. The molecule has 0 saturated carbocycles. The van der Waals surface area contributed by atoms with Crippen LogP contribution < -0.4 is 5.32 Å². The van der Waals surface area contributed by atoms with E-state index in [1.54, 1.807) is 61.9 Å². The third-order valence-corrected chi connectivity index (χ3v) is 9.68. The Morgan fingerprint density at radius 1 is 1.09 bits per heavy atom. The van der Waals surface area contributed by atoms with Crippen molar-refractivity contribution in [1.29, 1.82) is 0 Å². The van der Waals surface area contributed by atoms with Gasteiger partial charge in [0.15, 0.2) is 4.88 Å². The number of amides is 1. The molecule has 1 aliphatic rings. The first kappa shape index (κ1) is 23.0. The summed E-state index contributed by atoms with van der Waals surface area (Å²) < 4.78 is 27.5. The average molecular weight is 515 g/mol. The van der Waals surface area contributed by atoms with Crippen LogP contribution in [0.3, 0.4) is 0 Å². The molecule has 0 spiro atoms. The normalized spacial score (nSPS) is 15.9. The average Bonchev–Trinajstić information content (AvgIpc) is 3.25. The molecule has 1 N–H and O–H groups in total. The Morgan fingerprint density at radius 3 is 2.56 bits per heavy atom. The van der Waals surface area contributed by atoms with Crippen LogP contribution in [0.1, 0.15) is 15.4 Å². The number of nitrogens with one attached hydrogen (secondary N) is 1. The van der Waals surface area contributed by atoms with Crippen molar-refractivity contribution in [1.82, 2.24) is 20.3 Å².